The third-order valence-corrected chi connectivity index (χ3v) is 6.92. The molecule has 1 atom stereocenters. The topological polar surface area (TPSA) is 111 Å². The van der Waals surface area contributed by atoms with E-state index in [0.717, 1.165) is 18.4 Å². The molecule has 0 aromatic heterocycles. The molecule has 0 saturated carbocycles. The van der Waals surface area contributed by atoms with Crippen LogP contribution in [-0.2, 0) is 12.0 Å². The molecular formula is C31H35FN4O4. The Hall–Kier alpha value is -4.40. The van der Waals surface area contributed by atoms with Crippen molar-refractivity contribution < 1.29 is 23.9 Å². The van der Waals surface area contributed by atoms with Gasteiger partial charge in [0.25, 0.3) is 5.91 Å². The first kappa shape index (κ1) is 28.6. The summed E-state index contributed by atoms with van der Waals surface area (Å²) >= 11 is 0. The Kier molecular flexibility index (Phi) is 8.72. The summed E-state index contributed by atoms with van der Waals surface area (Å²) in [6, 6.07) is 17.6. The zero-order valence-corrected chi connectivity index (χ0v) is 23.0. The van der Waals surface area contributed by atoms with E-state index in [1.165, 1.54) is 18.2 Å². The molecule has 4 N–H and O–H groups in total. The van der Waals surface area contributed by atoms with Crippen molar-refractivity contribution in [3.63, 3.8) is 0 Å². The number of urea groups is 1. The van der Waals surface area contributed by atoms with E-state index in [0.29, 0.717) is 35.6 Å². The summed E-state index contributed by atoms with van der Waals surface area (Å²) in [5.41, 5.74) is 3.13. The number of hydrogen-bond donors (Lipinski definition) is 4. The highest BCUT2D eigenvalue weighted by molar-refractivity contribution is 6.05. The van der Waals surface area contributed by atoms with Gasteiger partial charge in [-0.2, -0.15) is 0 Å². The van der Waals surface area contributed by atoms with E-state index >= 15 is 0 Å². The summed E-state index contributed by atoms with van der Waals surface area (Å²) in [5.74, 6) is -1.76. The fourth-order valence-corrected chi connectivity index (χ4v) is 4.69. The maximum Gasteiger partial charge on any atom is 0.337 e. The van der Waals surface area contributed by atoms with Crippen molar-refractivity contribution in [2.45, 2.75) is 51.6 Å². The van der Waals surface area contributed by atoms with Gasteiger partial charge in [0.2, 0.25) is 0 Å². The summed E-state index contributed by atoms with van der Waals surface area (Å²) in [7, 11) is 0. The molecule has 0 radical (unpaired) electrons. The predicted molar refractivity (Wildman–Crippen MR) is 153 cm³/mol. The first-order valence-corrected chi connectivity index (χ1v) is 13.3. The molecule has 210 valence electrons. The number of piperidine rings is 1. The number of amides is 3. The molecule has 40 heavy (non-hydrogen) atoms. The molecule has 0 spiro atoms. The monoisotopic (exact) mass is 546 g/mol. The van der Waals surface area contributed by atoms with Crippen LogP contribution in [0.4, 0.5) is 20.6 Å². The number of carboxylic acids is 1. The van der Waals surface area contributed by atoms with Crippen LogP contribution in [0.15, 0.2) is 66.7 Å². The average Bonchev–Trinajstić information content (AvgIpc) is 2.91. The molecule has 1 aliphatic heterocycles. The number of hydrogen-bond acceptors (Lipinski definition) is 4. The Balaban J connectivity index is 1.41. The van der Waals surface area contributed by atoms with Gasteiger partial charge in [0.05, 0.1) is 11.3 Å². The number of nitrogens with one attached hydrogen (secondary N) is 3. The zero-order valence-electron chi connectivity index (χ0n) is 23.0. The van der Waals surface area contributed by atoms with Crippen LogP contribution in [0.25, 0.3) is 0 Å². The van der Waals surface area contributed by atoms with Gasteiger partial charge < -0.3 is 26.0 Å². The van der Waals surface area contributed by atoms with Gasteiger partial charge in [-0.3, -0.25) is 4.79 Å². The van der Waals surface area contributed by atoms with Crippen molar-refractivity contribution in [2.24, 2.45) is 0 Å². The lowest BCUT2D eigenvalue weighted by molar-refractivity contribution is 0.0697. The van der Waals surface area contributed by atoms with Gasteiger partial charge in [-0.05, 0) is 71.8 Å². The molecule has 8 nitrogen and oxygen atoms in total. The molecule has 4 rings (SSSR count). The molecule has 0 aliphatic carbocycles. The summed E-state index contributed by atoms with van der Waals surface area (Å²) in [4.78, 5) is 39.2. The van der Waals surface area contributed by atoms with Crippen molar-refractivity contribution in [2.75, 3.05) is 23.7 Å². The lowest BCUT2D eigenvalue weighted by atomic mass is 9.87. The Bertz CT molecular complexity index is 1380. The number of benzene rings is 3. The number of rotatable bonds is 7. The molecule has 1 unspecified atom stereocenters. The normalized spacial score (nSPS) is 15.3. The molecule has 3 amide bonds. The molecule has 1 fully saturated rings. The van der Waals surface area contributed by atoms with Gasteiger partial charge in [0, 0.05) is 36.9 Å². The first-order valence-electron chi connectivity index (χ1n) is 13.3. The van der Waals surface area contributed by atoms with Crippen LogP contribution < -0.4 is 16.0 Å². The highest BCUT2D eigenvalue weighted by Gasteiger charge is 2.25. The van der Waals surface area contributed by atoms with E-state index in [-0.39, 0.29) is 41.3 Å². The lowest BCUT2D eigenvalue weighted by Crippen LogP contribution is -2.49. The zero-order chi connectivity index (χ0) is 28.9. The fourth-order valence-electron chi connectivity index (χ4n) is 4.69. The van der Waals surface area contributed by atoms with Crippen molar-refractivity contribution in [3.05, 3.63) is 94.8 Å². The molecular weight excluding hydrogens is 511 g/mol. The summed E-state index contributed by atoms with van der Waals surface area (Å²) in [6.45, 7) is 7.44. The van der Waals surface area contributed by atoms with E-state index in [1.807, 2.05) is 12.1 Å². The Labute approximate surface area is 233 Å². The Morgan fingerprint density at radius 1 is 1.02 bits per heavy atom. The highest BCUT2D eigenvalue weighted by atomic mass is 19.1. The quantitative estimate of drug-likeness (QED) is 0.297. The number of carbonyl (C=O) groups is 3. The van der Waals surface area contributed by atoms with E-state index in [1.54, 1.807) is 41.3 Å². The summed E-state index contributed by atoms with van der Waals surface area (Å²) < 4.78 is 13.4. The van der Waals surface area contributed by atoms with Crippen LogP contribution in [0.5, 0.6) is 0 Å². The third kappa shape index (κ3) is 7.37. The number of carbonyl (C=O) groups excluding carboxylic acids is 2. The van der Waals surface area contributed by atoms with E-state index < -0.39 is 5.97 Å². The predicted octanol–water partition coefficient (Wildman–Crippen LogP) is 5.86. The maximum absolute atomic E-state index is 13.4. The second kappa shape index (κ2) is 12.2. The minimum absolute atomic E-state index is 0.0289. The number of anilines is 2. The molecule has 3 aromatic rings. The number of halogens is 1. The van der Waals surface area contributed by atoms with Crippen LogP contribution in [0.3, 0.4) is 0 Å². The molecule has 0 bridgehead atoms. The lowest BCUT2D eigenvalue weighted by Gasteiger charge is -2.34. The SMILES string of the molecule is CC(C)(C)c1ccc(C(=O)Nc2ccc(C(=O)O)c(NC3CCCN(C(=O)NCc4cccc(F)c4)C3)c2)cc1. The summed E-state index contributed by atoms with van der Waals surface area (Å²) in [6.07, 6.45) is 1.47. The molecule has 3 aromatic carbocycles. The van der Waals surface area contributed by atoms with E-state index in [4.69, 9.17) is 0 Å². The van der Waals surface area contributed by atoms with E-state index in [9.17, 15) is 23.9 Å². The smallest absolute Gasteiger partial charge is 0.337 e. The van der Waals surface area contributed by atoms with Crippen molar-refractivity contribution in [1.29, 1.82) is 0 Å². The van der Waals surface area contributed by atoms with Gasteiger partial charge in [-0.25, -0.2) is 14.0 Å². The van der Waals surface area contributed by atoms with Crippen LogP contribution in [0.2, 0.25) is 0 Å². The molecule has 1 heterocycles. The maximum atomic E-state index is 13.4. The Morgan fingerprint density at radius 3 is 2.45 bits per heavy atom. The fraction of sp³-hybridized carbons (Fsp3) is 0.323. The minimum atomic E-state index is -1.10. The Morgan fingerprint density at radius 2 is 1.77 bits per heavy atom. The standard InChI is InChI=1S/C31H35FN4O4/c1-31(2,3)22-11-9-21(10-12-22)28(37)35-24-13-14-26(29(38)39)27(17-24)34-25-8-5-15-36(19-25)30(40)33-18-20-6-4-7-23(32)16-20/h4,6-7,9-14,16-17,25,34H,5,8,15,18-19H2,1-3H3,(H,33,40)(H,35,37)(H,38,39). The van der Waals surface area contributed by atoms with Crippen molar-refractivity contribution >= 4 is 29.3 Å². The highest BCUT2D eigenvalue weighted by Crippen LogP contribution is 2.26. The van der Waals surface area contributed by atoms with Gasteiger partial charge in [-0.15, -0.1) is 0 Å². The first-order chi connectivity index (χ1) is 19.0. The number of nitrogens with zero attached hydrogens (tertiary/aromatic N) is 1. The number of likely N-dealkylation sites (tertiary alicyclic amines) is 1. The molecule has 9 heteroatoms. The van der Waals surface area contributed by atoms with Crippen LogP contribution in [0, 0.1) is 5.82 Å². The minimum Gasteiger partial charge on any atom is -0.478 e. The summed E-state index contributed by atoms with van der Waals surface area (Å²) in [5, 5.41) is 18.7. The number of carboxylic acid groups (broad SMARTS) is 1. The van der Waals surface area contributed by atoms with Gasteiger partial charge in [-0.1, -0.05) is 45.0 Å². The number of aromatic carboxylic acids is 1. The average molecular weight is 547 g/mol. The van der Waals surface area contributed by atoms with Crippen LogP contribution in [0.1, 0.15) is 65.5 Å². The van der Waals surface area contributed by atoms with Crippen LogP contribution >= 0.6 is 0 Å². The van der Waals surface area contributed by atoms with Crippen molar-refractivity contribution in [1.82, 2.24) is 10.2 Å². The second-order valence-electron chi connectivity index (χ2n) is 11.1. The van der Waals surface area contributed by atoms with Gasteiger partial charge in [0.15, 0.2) is 0 Å². The van der Waals surface area contributed by atoms with Gasteiger partial charge >= 0.3 is 12.0 Å². The second-order valence-corrected chi connectivity index (χ2v) is 11.1. The molecule has 1 saturated heterocycles. The van der Waals surface area contributed by atoms with Crippen molar-refractivity contribution in [3.8, 4) is 0 Å². The largest absolute Gasteiger partial charge is 0.478 e. The van der Waals surface area contributed by atoms with Crippen LogP contribution in [-0.4, -0.2) is 47.0 Å². The van der Waals surface area contributed by atoms with E-state index in [2.05, 4.69) is 36.7 Å². The third-order valence-electron chi connectivity index (χ3n) is 6.92. The molecule has 1 aliphatic rings. The van der Waals surface area contributed by atoms with Gasteiger partial charge in [0.1, 0.15) is 5.82 Å².